The molecule has 2 aromatic heterocycles. The first-order valence-electron chi connectivity index (χ1n) is 10.9. The molecule has 0 radical (unpaired) electrons. The molecule has 4 aromatic rings. The highest BCUT2D eigenvalue weighted by molar-refractivity contribution is 7.15. The molecule has 0 N–H and O–H groups in total. The second-order valence-corrected chi connectivity index (χ2v) is 9.24. The Morgan fingerprint density at radius 3 is 2.09 bits per heavy atom. The average Bonchev–Trinajstić information content (AvgIpc) is 3.19. The van der Waals surface area contributed by atoms with Gasteiger partial charge in [0.1, 0.15) is 11.6 Å². The molecule has 170 valence electrons. The fourth-order valence-electron chi connectivity index (χ4n) is 4.49. The Kier molecular flexibility index (Phi) is 6.05. The van der Waals surface area contributed by atoms with Crippen molar-refractivity contribution in [3.8, 4) is 0 Å². The Morgan fingerprint density at radius 2 is 1.52 bits per heavy atom. The van der Waals surface area contributed by atoms with Crippen LogP contribution in [0.1, 0.15) is 28.6 Å². The molecule has 1 fully saturated rings. The van der Waals surface area contributed by atoms with Crippen molar-refractivity contribution in [2.75, 3.05) is 26.2 Å². The second-order valence-electron chi connectivity index (χ2n) is 8.40. The van der Waals surface area contributed by atoms with Gasteiger partial charge in [0.25, 0.3) is 5.56 Å². The van der Waals surface area contributed by atoms with Crippen molar-refractivity contribution in [3.63, 3.8) is 0 Å². The summed E-state index contributed by atoms with van der Waals surface area (Å²) in [5.41, 5.74) is 3.60. The SMILES string of the molecule is Cc1csc2nc(CN3CCN(C(c4ccc(F)cc4)c4ccc(F)cc4)CC3)cc(=O)n12. The third kappa shape index (κ3) is 4.59. The molecule has 0 aliphatic carbocycles. The Morgan fingerprint density at radius 1 is 0.939 bits per heavy atom. The predicted molar refractivity (Wildman–Crippen MR) is 126 cm³/mol. The van der Waals surface area contributed by atoms with Crippen molar-refractivity contribution in [2.24, 2.45) is 0 Å². The highest BCUT2D eigenvalue weighted by atomic mass is 32.1. The van der Waals surface area contributed by atoms with Gasteiger partial charge in [0.05, 0.1) is 11.7 Å². The van der Waals surface area contributed by atoms with Crippen molar-refractivity contribution in [1.29, 1.82) is 0 Å². The fourth-order valence-corrected chi connectivity index (χ4v) is 5.39. The number of benzene rings is 2. The number of aromatic nitrogens is 2. The van der Waals surface area contributed by atoms with Gasteiger partial charge in [-0.3, -0.25) is 19.0 Å². The smallest absolute Gasteiger partial charge is 0.259 e. The molecular formula is C25H24F2N4OS. The third-order valence-electron chi connectivity index (χ3n) is 6.16. The number of aryl methyl sites for hydroxylation is 1. The highest BCUT2D eigenvalue weighted by Gasteiger charge is 2.27. The summed E-state index contributed by atoms with van der Waals surface area (Å²) in [4.78, 5) is 22.5. The molecule has 1 aliphatic heterocycles. The molecule has 2 aromatic carbocycles. The predicted octanol–water partition coefficient (Wildman–Crippen LogP) is 4.25. The van der Waals surface area contributed by atoms with E-state index in [1.54, 1.807) is 34.7 Å². The van der Waals surface area contributed by atoms with Crippen LogP contribution in [0.2, 0.25) is 0 Å². The Bertz CT molecular complexity index is 1260. The zero-order valence-electron chi connectivity index (χ0n) is 18.2. The quantitative estimate of drug-likeness (QED) is 0.441. The largest absolute Gasteiger partial charge is 0.295 e. The first-order chi connectivity index (χ1) is 16.0. The van der Waals surface area contributed by atoms with Crippen molar-refractivity contribution in [2.45, 2.75) is 19.5 Å². The zero-order chi connectivity index (χ0) is 22.9. The van der Waals surface area contributed by atoms with Gasteiger partial charge in [0.15, 0.2) is 4.96 Å². The lowest BCUT2D eigenvalue weighted by atomic mass is 9.96. The molecule has 0 bridgehead atoms. The van der Waals surface area contributed by atoms with Crippen molar-refractivity contribution < 1.29 is 8.78 Å². The molecule has 1 aliphatic rings. The Labute approximate surface area is 194 Å². The van der Waals surface area contributed by atoms with E-state index in [9.17, 15) is 13.6 Å². The summed E-state index contributed by atoms with van der Waals surface area (Å²) >= 11 is 1.48. The summed E-state index contributed by atoms with van der Waals surface area (Å²) in [6.07, 6.45) is 0. The maximum Gasteiger partial charge on any atom is 0.259 e. The number of nitrogens with zero attached hydrogens (tertiary/aromatic N) is 4. The van der Waals surface area contributed by atoms with Crippen LogP contribution in [-0.2, 0) is 6.54 Å². The Balaban J connectivity index is 1.33. The van der Waals surface area contributed by atoms with E-state index in [0.29, 0.717) is 6.54 Å². The minimum Gasteiger partial charge on any atom is -0.295 e. The topological polar surface area (TPSA) is 40.9 Å². The molecule has 0 saturated carbocycles. The number of fused-ring (bicyclic) bond motifs is 1. The van der Waals surface area contributed by atoms with Gasteiger partial charge in [0.2, 0.25) is 0 Å². The summed E-state index contributed by atoms with van der Waals surface area (Å²) in [5.74, 6) is -0.550. The highest BCUT2D eigenvalue weighted by Crippen LogP contribution is 2.30. The molecule has 0 amide bonds. The molecule has 8 heteroatoms. The summed E-state index contributed by atoms with van der Waals surface area (Å²) in [7, 11) is 0. The lowest BCUT2D eigenvalue weighted by molar-refractivity contribution is 0.104. The number of hydrogen-bond acceptors (Lipinski definition) is 5. The van der Waals surface area contributed by atoms with Crippen LogP contribution in [0.4, 0.5) is 8.78 Å². The first kappa shape index (κ1) is 21.9. The van der Waals surface area contributed by atoms with E-state index >= 15 is 0 Å². The number of rotatable bonds is 5. The molecule has 0 unspecified atom stereocenters. The molecule has 33 heavy (non-hydrogen) atoms. The number of halogens is 2. The lowest BCUT2D eigenvalue weighted by Gasteiger charge is -2.39. The zero-order valence-corrected chi connectivity index (χ0v) is 19.1. The summed E-state index contributed by atoms with van der Waals surface area (Å²) in [5, 5.41) is 1.94. The van der Waals surface area contributed by atoms with Crippen LogP contribution in [-0.4, -0.2) is 45.4 Å². The van der Waals surface area contributed by atoms with Crippen LogP contribution >= 0.6 is 11.3 Å². The van der Waals surface area contributed by atoms with E-state index in [1.165, 1.54) is 35.6 Å². The fraction of sp³-hybridized carbons (Fsp3) is 0.280. The van der Waals surface area contributed by atoms with Gasteiger partial charge >= 0.3 is 0 Å². The number of hydrogen-bond donors (Lipinski definition) is 0. The molecule has 3 heterocycles. The maximum atomic E-state index is 13.5. The molecule has 5 nitrogen and oxygen atoms in total. The van der Waals surface area contributed by atoms with Gasteiger partial charge in [-0.15, -0.1) is 11.3 Å². The molecular weight excluding hydrogens is 442 g/mol. The summed E-state index contributed by atoms with van der Waals surface area (Å²) in [6.45, 7) is 5.72. The number of piperazine rings is 1. The molecule has 0 spiro atoms. The monoisotopic (exact) mass is 466 g/mol. The van der Waals surface area contributed by atoms with E-state index in [4.69, 9.17) is 0 Å². The first-order valence-corrected chi connectivity index (χ1v) is 11.8. The second kappa shape index (κ2) is 9.13. The van der Waals surface area contributed by atoms with Gasteiger partial charge in [-0.05, 0) is 42.3 Å². The van der Waals surface area contributed by atoms with E-state index in [1.807, 2.05) is 12.3 Å². The van der Waals surface area contributed by atoms with Gasteiger partial charge in [-0.25, -0.2) is 13.8 Å². The molecule has 1 saturated heterocycles. The van der Waals surface area contributed by atoms with E-state index in [-0.39, 0.29) is 23.2 Å². The van der Waals surface area contributed by atoms with Crippen molar-refractivity contribution in [1.82, 2.24) is 19.2 Å². The maximum absolute atomic E-state index is 13.5. The van der Waals surface area contributed by atoms with Crippen LogP contribution in [0.5, 0.6) is 0 Å². The lowest BCUT2D eigenvalue weighted by Crippen LogP contribution is -2.47. The van der Waals surface area contributed by atoms with Crippen LogP contribution in [0.3, 0.4) is 0 Å². The van der Waals surface area contributed by atoms with Gasteiger partial charge in [0, 0.05) is 49.9 Å². The van der Waals surface area contributed by atoms with E-state index in [2.05, 4.69) is 14.8 Å². The van der Waals surface area contributed by atoms with E-state index < -0.39 is 0 Å². The van der Waals surface area contributed by atoms with Crippen molar-refractivity contribution >= 4 is 16.3 Å². The molecule has 5 rings (SSSR count). The van der Waals surface area contributed by atoms with E-state index in [0.717, 1.165) is 53.7 Å². The van der Waals surface area contributed by atoms with Crippen LogP contribution in [0, 0.1) is 18.6 Å². The van der Waals surface area contributed by atoms with Gasteiger partial charge in [-0.1, -0.05) is 24.3 Å². The standard InChI is InChI=1S/C25H24F2N4OS/c1-17-16-33-25-28-22(14-23(32)31(17)25)15-29-10-12-30(13-11-29)24(18-2-6-20(26)7-3-18)19-4-8-21(27)9-5-19/h2-9,14,16,24H,10-13,15H2,1H3. The van der Waals surface area contributed by atoms with Crippen LogP contribution in [0.25, 0.3) is 4.96 Å². The Hall–Kier alpha value is -2.94. The normalized spacial score (nSPS) is 15.5. The third-order valence-corrected chi connectivity index (χ3v) is 7.10. The van der Waals surface area contributed by atoms with Gasteiger partial charge < -0.3 is 0 Å². The summed E-state index contributed by atoms with van der Waals surface area (Å²) in [6, 6.07) is 14.6. The summed E-state index contributed by atoms with van der Waals surface area (Å²) < 4.78 is 28.7. The molecule has 0 atom stereocenters. The minimum absolute atomic E-state index is 0.0416. The van der Waals surface area contributed by atoms with Crippen molar-refractivity contribution in [3.05, 3.63) is 104 Å². The van der Waals surface area contributed by atoms with Crippen LogP contribution in [0.15, 0.2) is 64.8 Å². The van der Waals surface area contributed by atoms with Gasteiger partial charge in [-0.2, -0.15) is 0 Å². The van der Waals surface area contributed by atoms with Crippen LogP contribution < -0.4 is 5.56 Å². The minimum atomic E-state index is -0.275. The number of thiazole rings is 1. The average molecular weight is 467 g/mol.